The summed E-state index contributed by atoms with van der Waals surface area (Å²) in [6.45, 7) is 4.22. The van der Waals surface area contributed by atoms with Gasteiger partial charge >= 0.3 is 6.03 Å². The number of carbonyl (C=O) groups is 2. The molecular formula is C13H19ClN4O2. The number of amides is 3. The number of carbonyl (C=O) groups excluding carboxylic acids is 2. The highest BCUT2D eigenvalue weighted by Gasteiger charge is 2.21. The van der Waals surface area contributed by atoms with Gasteiger partial charge in [-0.1, -0.05) is 6.07 Å². The highest BCUT2D eigenvalue weighted by molar-refractivity contribution is 5.96. The molecule has 1 aromatic carbocycles. The summed E-state index contributed by atoms with van der Waals surface area (Å²) in [5.41, 5.74) is 6.14. The molecule has 7 heteroatoms. The molecule has 1 aromatic rings. The third-order valence-electron chi connectivity index (χ3n) is 3.03. The Balaban J connectivity index is 0.00000200. The molecule has 1 atom stereocenters. The molecule has 1 aliphatic heterocycles. The standard InChI is InChI=1S/C13H18N4O2.ClH/c1-9-8-17(6-5-15-9)12(18)10-3-2-4-11(7-10)16-13(14)19;/h2-4,7,9,15H,5-6,8H2,1H3,(H3,14,16,19);1H. The smallest absolute Gasteiger partial charge is 0.316 e. The summed E-state index contributed by atoms with van der Waals surface area (Å²) < 4.78 is 0. The summed E-state index contributed by atoms with van der Waals surface area (Å²) in [6.07, 6.45) is 0. The molecule has 4 N–H and O–H groups in total. The van der Waals surface area contributed by atoms with E-state index in [0.29, 0.717) is 30.4 Å². The van der Waals surface area contributed by atoms with Crippen molar-refractivity contribution in [2.45, 2.75) is 13.0 Å². The number of nitrogens with zero attached hydrogens (tertiary/aromatic N) is 1. The van der Waals surface area contributed by atoms with Crippen LogP contribution in [0.5, 0.6) is 0 Å². The Bertz CT molecular complexity index is 495. The Morgan fingerprint density at radius 1 is 1.45 bits per heavy atom. The van der Waals surface area contributed by atoms with E-state index >= 15 is 0 Å². The van der Waals surface area contributed by atoms with E-state index in [1.807, 2.05) is 11.8 Å². The summed E-state index contributed by atoms with van der Waals surface area (Å²) in [7, 11) is 0. The summed E-state index contributed by atoms with van der Waals surface area (Å²) >= 11 is 0. The van der Waals surface area contributed by atoms with E-state index in [-0.39, 0.29) is 18.3 Å². The normalized spacial score (nSPS) is 18.1. The SMILES string of the molecule is CC1CN(C(=O)c2cccc(NC(N)=O)c2)CCN1.Cl. The number of piperazine rings is 1. The van der Waals surface area contributed by atoms with Gasteiger partial charge in [0.25, 0.3) is 5.91 Å². The fourth-order valence-corrected chi connectivity index (χ4v) is 2.17. The lowest BCUT2D eigenvalue weighted by Crippen LogP contribution is -2.51. The number of halogens is 1. The molecule has 1 fully saturated rings. The van der Waals surface area contributed by atoms with Crippen LogP contribution in [-0.2, 0) is 0 Å². The van der Waals surface area contributed by atoms with Gasteiger partial charge in [0.15, 0.2) is 0 Å². The van der Waals surface area contributed by atoms with Gasteiger partial charge in [0, 0.05) is 36.9 Å². The predicted octanol–water partition coefficient (Wildman–Crippen LogP) is 1.03. The molecule has 1 unspecified atom stereocenters. The Hall–Kier alpha value is -1.79. The maximum atomic E-state index is 12.3. The first-order valence-corrected chi connectivity index (χ1v) is 6.25. The van der Waals surface area contributed by atoms with E-state index in [9.17, 15) is 9.59 Å². The van der Waals surface area contributed by atoms with E-state index < -0.39 is 6.03 Å². The maximum absolute atomic E-state index is 12.3. The van der Waals surface area contributed by atoms with Gasteiger partial charge in [0.1, 0.15) is 0 Å². The van der Waals surface area contributed by atoms with Crippen molar-refractivity contribution in [3.05, 3.63) is 29.8 Å². The monoisotopic (exact) mass is 298 g/mol. The molecule has 6 nitrogen and oxygen atoms in total. The minimum atomic E-state index is -0.639. The molecule has 1 aliphatic rings. The van der Waals surface area contributed by atoms with Crippen LogP contribution >= 0.6 is 12.4 Å². The number of anilines is 1. The second-order valence-corrected chi connectivity index (χ2v) is 4.68. The first-order valence-electron chi connectivity index (χ1n) is 6.25. The molecule has 1 heterocycles. The average Bonchev–Trinajstić information content (AvgIpc) is 2.37. The number of nitrogens with two attached hydrogens (primary N) is 1. The van der Waals surface area contributed by atoms with E-state index in [4.69, 9.17) is 5.73 Å². The van der Waals surface area contributed by atoms with Crippen LogP contribution in [0.4, 0.5) is 10.5 Å². The molecule has 0 aromatic heterocycles. The van der Waals surface area contributed by atoms with Crippen molar-refractivity contribution in [2.24, 2.45) is 5.73 Å². The van der Waals surface area contributed by atoms with Gasteiger partial charge in [-0.3, -0.25) is 4.79 Å². The summed E-state index contributed by atoms with van der Waals surface area (Å²) in [6, 6.07) is 6.46. The number of benzene rings is 1. The summed E-state index contributed by atoms with van der Waals surface area (Å²) in [5, 5.41) is 5.76. The minimum absolute atomic E-state index is 0. The molecule has 0 radical (unpaired) electrons. The zero-order valence-electron chi connectivity index (χ0n) is 11.3. The molecule has 0 spiro atoms. The fourth-order valence-electron chi connectivity index (χ4n) is 2.17. The molecule has 0 aliphatic carbocycles. The lowest BCUT2D eigenvalue weighted by molar-refractivity contribution is 0.0709. The average molecular weight is 299 g/mol. The van der Waals surface area contributed by atoms with Crippen molar-refractivity contribution < 1.29 is 9.59 Å². The zero-order chi connectivity index (χ0) is 13.8. The highest BCUT2D eigenvalue weighted by atomic mass is 35.5. The molecule has 0 saturated carbocycles. The van der Waals surface area contributed by atoms with Crippen LogP contribution in [-0.4, -0.2) is 42.5 Å². The van der Waals surface area contributed by atoms with Crippen LogP contribution < -0.4 is 16.4 Å². The Morgan fingerprint density at radius 3 is 2.85 bits per heavy atom. The van der Waals surface area contributed by atoms with Gasteiger partial charge in [0.05, 0.1) is 0 Å². The van der Waals surface area contributed by atoms with Crippen LogP contribution in [0, 0.1) is 0 Å². The second-order valence-electron chi connectivity index (χ2n) is 4.68. The number of urea groups is 1. The molecule has 20 heavy (non-hydrogen) atoms. The Morgan fingerprint density at radius 2 is 2.20 bits per heavy atom. The minimum Gasteiger partial charge on any atom is -0.351 e. The molecule has 110 valence electrons. The molecule has 0 bridgehead atoms. The number of rotatable bonds is 2. The van der Waals surface area contributed by atoms with Crippen molar-refractivity contribution in [3.63, 3.8) is 0 Å². The van der Waals surface area contributed by atoms with Crippen LogP contribution in [0.2, 0.25) is 0 Å². The first kappa shape index (κ1) is 16.3. The summed E-state index contributed by atoms with van der Waals surface area (Å²) in [4.78, 5) is 24.9. The van der Waals surface area contributed by atoms with E-state index in [0.717, 1.165) is 6.54 Å². The summed E-state index contributed by atoms with van der Waals surface area (Å²) in [5.74, 6) is -0.0264. The van der Waals surface area contributed by atoms with Gasteiger partial charge in [-0.2, -0.15) is 0 Å². The van der Waals surface area contributed by atoms with Crippen LogP contribution in [0.15, 0.2) is 24.3 Å². The molecule has 1 saturated heterocycles. The van der Waals surface area contributed by atoms with Crippen LogP contribution in [0.25, 0.3) is 0 Å². The van der Waals surface area contributed by atoms with Crippen molar-refractivity contribution >= 4 is 30.0 Å². The van der Waals surface area contributed by atoms with Crippen LogP contribution in [0.3, 0.4) is 0 Å². The predicted molar refractivity (Wildman–Crippen MR) is 80.3 cm³/mol. The zero-order valence-corrected chi connectivity index (χ0v) is 12.1. The van der Waals surface area contributed by atoms with Gasteiger partial charge in [0.2, 0.25) is 0 Å². The number of nitrogens with one attached hydrogen (secondary N) is 2. The van der Waals surface area contributed by atoms with E-state index in [1.54, 1.807) is 24.3 Å². The van der Waals surface area contributed by atoms with Crippen molar-refractivity contribution in [1.29, 1.82) is 0 Å². The Labute approximate surface area is 124 Å². The quantitative estimate of drug-likeness (QED) is 0.762. The molecular weight excluding hydrogens is 280 g/mol. The number of hydrogen-bond acceptors (Lipinski definition) is 3. The number of primary amides is 1. The van der Waals surface area contributed by atoms with Crippen molar-refractivity contribution in [1.82, 2.24) is 10.2 Å². The van der Waals surface area contributed by atoms with Gasteiger partial charge in [-0.25, -0.2) is 4.79 Å². The third-order valence-corrected chi connectivity index (χ3v) is 3.03. The first-order chi connectivity index (χ1) is 9.06. The third kappa shape index (κ3) is 4.11. The van der Waals surface area contributed by atoms with Gasteiger partial charge in [-0.15, -0.1) is 12.4 Å². The Kier molecular flexibility index (Phi) is 5.79. The van der Waals surface area contributed by atoms with Gasteiger partial charge in [-0.05, 0) is 25.1 Å². The fraction of sp³-hybridized carbons (Fsp3) is 0.385. The lowest BCUT2D eigenvalue weighted by Gasteiger charge is -2.32. The van der Waals surface area contributed by atoms with Crippen molar-refractivity contribution in [3.8, 4) is 0 Å². The van der Waals surface area contributed by atoms with E-state index in [1.165, 1.54) is 0 Å². The molecule has 2 rings (SSSR count). The molecule has 3 amide bonds. The van der Waals surface area contributed by atoms with Gasteiger partial charge < -0.3 is 21.3 Å². The number of hydrogen-bond donors (Lipinski definition) is 3. The lowest BCUT2D eigenvalue weighted by atomic mass is 10.1. The maximum Gasteiger partial charge on any atom is 0.316 e. The van der Waals surface area contributed by atoms with E-state index in [2.05, 4.69) is 10.6 Å². The highest BCUT2D eigenvalue weighted by Crippen LogP contribution is 2.13. The topological polar surface area (TPSA) is 87.5 Å². The van der Waals surface area contributed by atoms with Crippen LogP contribution in [0.1, 0.15) is 17.3 Å². The second kappa shape index (κ2) is 7.12. The van der Waals surface area contributed by atoms with Crippen molar-refractivity contribution in [2.75, 3.05) is 25.0 Å². The largest absolute Gasteiger partial charge is 0.351 e.